The van der Waals surface area contributed by atoms with E-state index in [0.717, 1.165) is 3.57 Å². The third kappa shape index (κ3) is 5.02. The van der Waals surface area contributed by atoms with Crippen LogP contribution >= 0.6 is 34.2 Å². The minimum absolute atomic E-state index is 0.279. The van der Waals surface area contributed by atoms with Crippen molar-refractivity contribution in [1.29, 1.82) is 0 Å². The molecule has 0 unspecified atom stereocenters. The topological polar surface area (TPSA) is 64.6 Å². The Labute approximate surface area is 180 Å². The Hall–Kier alpha value is -2.58. The van der Waals surface area contributed by atoms with Crippen LogP contribution in [0.1, 0.15) is 20.7 Å². The van der Waals surface area contributed by atoms with E-state index in [1.165, 1.54) is 0 Å². The lowest BCUT2D eigenvalue weighted by atomic mass is 10.2. The third-order valence-electron chi connectivity index (χ3n) is 3.82. The second-order valence-electron chi connectivity index (χ2n) is 5.72. The van der Waals surface area contributed by atoms with Crippen LogP contribution in [0.4, 0.5) is 5.69 Å². The van der Waals surface area contributed by atoms with E-state index in [-0.39, 0.29) is 5.91 Å². The summed E-state index contributed by atoms with van der Waals surface area (Å²) in [6.07, 6.45) is 0. The second-order valence-corrected chi connectivity index (χ2v) is 7.32. The van der Waals surface area contributed by atoms with Crippen LogP contribution < -0.4 is 14.8 Å². The van der Waals surface area contributed by atoms with Crippen LogP contribution in [0.5, 0.6) is 11.5 Å². The van der Waals surface area contributed by atoms with Crippen LogP contribution in [-0.2, 0) is 0 Å². The van der Waals surface area contributed by atoms with Crippen molar-refractivity contribution >= 4 is 51.8 Å². The number of carbonyl (C=O) groups is 2. The summed E-state index contributed by atoms with van der Waals surface area (Å²) in [6, 6.07) is 18.1. The summed E-state index contributed by atoms with van der Waals surface area (Å²) >= 11 is 7.96. The summed E-state index contributed by atoms with van der Waals surface area (Å²) in [5.74, 6) is 0.244. The van der Waals surface area contributed by atoms with Gasteiger partial charge in [-0.25, -0.2) is 4.79 Å². The number of benzene rings is 3. The number of amides is 1. The van der Waals surface area contributed by atoms with Gasteiger partial charge in [0.2, 0.25) is 0 Å². The van der Waals surface area contributed by atoms with Crippen molar-refractivity contribution in [1.82, 2.24) is 0 Å². The third-order valence-corrected chi connectivity index (χ3v) is 4.96. The molecule has 3 aromatic carbocycles. The number of hydrogen-bond donors (Lipinski definition) is 1. The van der Waals surface area contributed by atoms with Crippen LogP contribution in [0.25, 0.3) is 0 Å². The fraction of sp³-hybridized carbons (Fsp3) is 0.0476. The molecule has 0 aromatic heterocycles. The minimum Gasteiger partial charge on any atom is -0.496 e. The zero-order valence-electron chi connectivity index (χ0n) is 14.7. The van der Waals surface area contributed by atoms with E-state index in [1.54, 1.807) is 67.8 Å². The number of anilines is 1. The van der Waals surface area contributed by atoms with E-state index >= 15 is 0 Å². The number of methoxy groups -OCH3 is 1. The Bertz CT molecular complexity index is 1000. The second kappa shape index (κ2) is 9.07. The molecule has 0 aliphatic carbocycles. The van der Waals surface area contributed by atoms with Gasteiger partial charge in [-0.2, -0.15) is 0 Å². The first-order valence-corrected chi connectivity index (χ1v) is 9.64. The molecule has 0 heterocycles. The summed E-state index contributed by atoms with van der Waals surface area (Å²) in [7, 11) is 1.58. The quantitative estimate of drug-likeness (QED) is 0.284. The van der Waals surface area contributed by atoms with Gasteiger partial charge in [0, 0.05) is 22.3 Å². The maximum atomic E-state index is 12.4. The Balaban J connectivity index is 1.65. The van der Waals surface area contributed by atoms with Crippen LogP contribution in [0, 0.1) is 3.57 Å². The smallest absolute Gasteiger partial charge is 0.343 e. The number of halogens is 2. The molecule has 0 radical (unpaired) electrons. The first-order valence-electron chi connectivity index (χ1n) is 8.19. The van der Waals surface area contributed by atoms with Crippen LogP contribution in [0.2, 0.25) is 5.02 Å². The van der Waals surface area contributed by atoms with Crippen molar-refractivity contribution in [2.24, 2.45) is 0 Å². The summed E-state index contributed by atoms with van der Waals surface area (Å²) < 4.78 is 11.5. The number of carbonyl (C=O) groups excluding carboxylic acids is 2. The average molecular weight is 508 g/mol. The highest BCUT2D eigenvalue weighted by molar-refractivity contribution is 14.1. The van der Waals surface area contributed by atoms with E-state index in [4.69, 9.17) is 21.1 Å². The molecule has 1 amide bonds. The fourth-order valence-electron chi connectivity index (χ4n) is 2.37. The predicted octanol–water partition coefficient (Wildman–Crippen LogP) is 5.42. The van der Waals surface area contributed by atoms with Gasteiger partial charge >= 0.3 is 5.97 Å². The first kappa shape index (κ1) is 20.2. The van der Waals surface area contributed by atoms with Crippen molar-refractivity contribution in [2.75, 3.05) is 12.4 Å². The lowest BCUT2D eigenvalue weighted by Gasteiger charge is -2.09. The van der Waals surface area contributed by atoms with Gasteiger partial charge in [-0.05, 0) is 83.3 Å². The fourth-order valence-corrected chi connectivity index (χ4v) is 3.05. The number of hydrogen-bond acceptors (Lipinski definition) is 4. The van der Waals surface area contributed by atoms with Crippen LogP contribution in [0.15, 0.2) is 66.7 Å². The molecule has 0 aliphatic heterocycles. The monoisotopic (exact) mass is 507 g/mol. The molecular formula is C21H15ClINO4. The highest BCUT2D eigenvalue weighted by atomic mass is 127. The number of nitrogens with one attached hydrogen (secondary N) is 1. The number of ether oxygens (including phenoxy) is 2. The lowest BCUT2D eigenvalue weighted by molar-refractivity contribution is 0.0734. The molecular weight excluding hydrogens is 493 g/mol. The van der Waals surface area contributed by atoms with Gasteiger partial charge in [0.1, 0.15) is 11.5 Å². The van der Waals surface area contributed by atoms with Crippen molar-refractivity contribution in [3.05, 3.63) is 86.4 Å². The van der Waals surface area contributed by atoms with Gasteiger partial charge in [-0.15, -0.1) is 0 Å². The Morgan fingerprint density at radius 1 is 0.929 bits per heavy atom. The Morgan fingerprint density at radius 2 is 1.57 bits per heavy atom. The Morgan fingerprint density at radius 3 is 2.21 bits per heavy atom. The molecule has 0 saturated heterocycles. The molecule has 1 N–H and O–H groups in total. The van der Waals surface area contributed by atoms with Gasteiger partial charge < -0.3 is 14.8 Å². The van der Waals surface area contributed by atoms with E-state index in [0.29, 0.717) is 33.3 Å². The van der Waals surface area contributed by atoms with Gasteiger partial charge in [0.15, 0.2) is 0 Å². The molecule has 7 heteroatoms. The SMILES string of the molecule is COc1cc(NC(=O)c2ccc(OC(=O)c3ccc(Cl)cc3)cc2)ccc1I. The van der Waals surface area contributed by atoms with Crippen molar-refractivity contribution in [3.8, 4) is 11.5 Å². The van der Waals surface area contributed by atoms with E-state index in [9.17, 15) is 9.59 Å². The highest BCUT2D eigenvalue weighted by Gasteiger charge is 2.11. The zero-order valence-corrected chi connectivity index (χ0v) is 17.7. The van der Waals surface area contributed by atoms with Gasteiger partial charge in [0.05, 0.1) is 16.2 Å². The summed E-state index contributed by atoms with van der Waals surface area (Å²) in [5.41, 5.74) is 1.45. The summed E-state index contributed by atoms with van der Waals surface area (Å²) in [5, 5.41) is 3.35. The molecule has 28 heavy (non-hydrogen) atoms. The highest BCUT2D eigenvalue weighted by Crippen LogP contribution is 2.25. The first-order chi connectivity index (χ1) is 13.5. The molecule has 3 aromatic rings. The van der Waals surface area contributed by atoms with Crippen molar-refractivity contribution in [3.63, 3.8) is 0 Å². The largest absolute Gasteiger partial charge is 0.496 e. The molecule has 3 rings (SSSR count). The van der Waals surface area contributed by atoms with Gasteiger partial charge in [-0.3, -0.25) is 4.79 Å². The van der Waals surface area contributed by atoms with E-state index in [1.807, 2.05) is 6.07 Å². The molecule has 0 saturated carbocycles. The predicted molar refractivity (Wildman–Crippen MR) is 117 cm³/mol. The maximum Gasteiger partial charge on any atom is 0.343 e. The molecule has 0 atom stereocenters. The molecule has 0 aliphatic rings. The molecule has 0 bridgehead atoms. The molecule has 142 valence electrons. The van der Waals surface area contributed by atoms with Gasteiger partial charge in [0.25, 0.3) is 5.91 Å². The maximum absolute atomic E-state index is 12.4. The minimum atomic E-state index is -0.500. The molecule has 0 spiro atoms. The zero-order chi connectivity index (χ0) is 20.1. The summed E-state index contributed by atoms with van der Waals surface area (Å²) in [6.45, 7) is 0. The standard InChI is InChI=1S/C21H15ClINO4/c1-27-19-12-16(8-11-18(19)23)24-20(25)13-4-9-17(10-5-13)28-21(26)14-2-6-15(22)7-3-14/h2-12H,1H3,(H,24,25). The lowest BCUT2D eigenvalue weighted by Crippen LogP contribution is -2.12. The van der Waals surface area contributed by atoms with Gasteiger partial charge in [-0.1, -0.05) is 11.6 Å². The molecule has 0 fully saturated rings. The van der Waals surface area contributed by atoms with Crippen molar-refractivity contribution < 1.29 is 19.1 Å². The van der Waals surface area contributed by atoms with Crippen LogP contribution in [0.3, 0.4) is 0 Å². The van der Waals surface area contributed by atoms with Crippen LogP contribution in [-0.4, -0.2) is 19.0 Å². The molecule has 5 nitrogen and oxygen atoms in total. The van der Waals surface area contributed by atoms with E-state index in [2.05, 4.69) is 27.9 Å². The summed E-state index contributed by atoms with van der Waals surface area (Å²) in [4.78, 5) is 24.5. The number of rotatable bonds is 5. The van der Waals surface area contributed by atoms with E-state index < -0.39 is 5.97 Å². The average Bonchev–Trinajstić information content (AvgIpc) is 2.70. The normalized spacial score (nSPS) is 10.2. The Kier molecular flexibility index (Phi) is 6.53. The van der Waals surface area contributed by atoms with Crippen molar-refractivity contribution in [2.45, 2.75) is 0 Å². The number of esters is 1.